The average Bonchev–Trinajstić information content (AvgIpc) is 2.90. The molecule has 0 aliphatic carbocycles. The Morgan fingerprint density at radius 2 is 2.00 bits per heavy atom. The van der Waals surface area contributed by atoms with Gasteiger partial charge in [0.05, 0.1) is 25.2 Å². The Hall–Kier alpha value is -1.96. The third kappa shape index (κ3) is 5.59. The molecule has 2 N–H and O–H groups in total. The molecule has 7 nitrogen and oxygen atoms in total. The lowest BCUT2D eigenvalue weighted by molar-refractivity contribution is 0.223. The lowest BCUT2D eigenvalue weighted by Crippen LogP contribution is -2.46. The van der Waals surface area contributed by atoms with Crippen LogP contribution in [-0.2, 0) is 9.84 Å². The number of hydrogen-bond acceptors (Lipinski definition) is 5. The van der Waals surface area contributed by atoms with Gasteiger partial charge in [-0.1, -0.05) is 0 Å². The quantitative estimate of drug-likeness (QED) is 0.580. The Morgan fingerprint density at radius 1 is 1.33 bits per heavy atom. The third-order valence-corrected chi connectivity index (χ3v) is 5.52. The van der Waals surface area contributed by atoms with Crippen molar-refractivity contribution >= 4 is 15.8 Å². The second kappa shape index (κ2) is 8.23. The molecule has 0 bridgehead atoms. The summed E-state index contributed by atoms with van der Waals surface area (Å²) in [4.78, 5) is 4.13. The first-order chi connectivity index (χ1) is 11.4. The molecule has 24 heavy (non-hydrogen) atoms. The van der Waals surface area contributed by atoms with Crippen LogP contribution in [0.15, 0.2) is 29.3 Å². The van der Waals surface area contributed by atoms with Gasteiger partial charge in [-0.2, -0.15) is 0 Å². The van der Waals surface area contributed by atoms with Crippen molar-refractivity contribution in [1.82, 2.24) is 10.6 Å². The van der Waals surface area contributed by atoms with Gasteiger partial charge in [-0.05, 0) is 37.6 Å². The summed E-state index contributed by atoms with van der Waals surface area (Å²) in [5.41, 5.74) is 0. The van der Waals surface area contributed by atoms with Crippen LogP contribution in [0, 0.1) is 0 Å². The Balaban J connectivity index is 1.77. The Kier molecular flexibility index (Phi) is 6.30. The number of nitrogens with one attached hydrogen (secondary N) is 2. The minimum atomic E-state index is -2.91. The van der Waals surface area contributed by atoms with Gasteiger partial charge in [0, 0.05) is 13.1 Å². The molecular weight excluding hydrogens is 330 g/mol. The minimum absolute atomic E-state index is 0.0794. The molecule has 1 heterocycles. The first kappa shape index (κ1) is 18.4. The van der Waals surface area contributed by atoms with Crippen molar-refractivity contribution in [2.45, 2.75) is 25.5 Å². The second-order valence-electron chi connectivity index (χ2n) is 5.80. The second-order valence-corrected chi connectivity index (χ2v) is 8.03. The van der Waals surface area contributed by atoms with Crippen LogP contribution in [0.4, 0.5) is 0 Å². The van der Waals surface area contributed by atoms with Gasteiger partial charge in [0.1, 0.15) is 17.6 Å². The van der Waals surface area contributed by atoms with Gasteiger partial charge in [0.2, 0.25) is 0 Å². The molecule has 1 aromatic carbocycles. The number of sulfone groups is 1. The predicted molar refractivity (Wildman–Crippen MR) is 94.6 cm³/mol. The summed E-state index contributed by atoms with van der Waals surface area (Å²) in [6.45, 7) is 2.50. The highest BCUT2D eigenvalue weighted by atomic mass is 32.2. The molecule has 1 fully saturated rings. The smallest absolute Gasteiger partial charge is 0.191 e. The van der Waals surface area contributed by atoms with Crippen LogP contribution in [0.5, 0.6) is 11.5 Å². The first-order valence-corrected chi connectivity index (χ1v) is 9.72. The van der Waals surface area contributed by atoms with E-state index in [1.807, 2.05) is 31.2 Å². The summed E-state index contributed by atoms with van der Waals surface area (Å²) < 4.78 is 33.9. The summed E-state index contributed by atoms with van der Waals surface area (Å²) in [6.07, 6.45) is 0.533. The van der Waals surface area contributed by atoms with Crippen LogP contribution in [0.2, 0.25) is 0 Å². The standard InChI is InChI=1S/C16H25N3O4S/c1-12(23-15-6-4-14(22-3)5-7-15)10-18-16(17-2)19-13-8-9-24(20,21)11-13/h4-7,12-13H,8-11H2,1-3H3,(H2,17,18,19). The van der Waals surface area contributed by atoms with E-state index in [0.717, 1.165) is 11.5 Å². The molecule has 8 heteroatoms. The van der Waals surface area contributed by atoms with E-state index in [0.29, 0.717) is 18.9 Å². The molecule has 2 rings (SSSR count). The van der Waals surface area contributed by atoms with Crippen LogP contribution in [0.1, 0.15) is 13.3 Å². The van der Waals surface area contributed by atoms with Gasteiger partial charge in [-0.25, -0.2) is 8.42 Å². The molecule has 2 unspecified atom stereocenters. The number of aliphatic imine (C=N–C) groups is 1. The van der Waals surface area contributed by atoms with E-state index in [1.165, 1.54) is 0 Å². The molecular formula is C16H25N3O4S. The number of methoxy groups -OCH3 is 1. The van der Waals surface area contributed by atoms with E-state index >= 15 is 0 Å². The van der Waals surface area contributed by atoms with Crippen LogP contribution < -0.4 is 20.1 Å². The topological polar surface area (TPSA) is 89.0 Å². The molecule has 0 amide bonds. The van der Waals surface area contributed by atoms with Gasteiger partial charge in [0.25, 0.3) is 0 Å². The van der Waals surface area contributed by atoms with Crippen molar-refractivity contribution in [2.75, 3.05) is 32.2 Å². The molecule has 2 atom stereocenters. The number of rotatable bonds is 6. The number of nitrogens with zero attached hydrogens (tertiary/aromatic N) is 1. The van der Waals surface area contributed by atoms with E-state index in [9.17, 15) is 8.42 Å². The van der Waals surface area contributed by atoms with E-state index < -0.39 is 9.84 Å². The molecule has 1 aliphatic heterocycles. The van der Waals surface area contributed by atoms with Crippen molar-refractivity contribution in [1.29, 1.82) is 0 Å². The lowest BCUT2D eigenvalue weighted by atomic mass is 10.3. The summed E-state index contributed by atoms with van der Waals surface area (Å²) in [5, 5.41) is 6.30. The van der Waals surface area contributed by atoms with Crippen molar-refractivity contribution in [3.05, 3.63) is 24.3 Å². The number of benzene rings is 1. The molecule has 0 saturated carbocycles. The van der Waals surface area contributed by atoms with Crippen LogP contribution in [-0.4, -0.2) is 58.7 Å². The van der Waals surface area contributed by atoms with E-state index in [1.54, 1.807) is 14.2 Å². The lowest BCUT2D eigenvalue weighted by Gasteiger charge is -2.19. The van der Waals surface area contributed by atoms with E-state index in [-0.39, 0.29) is 23.7 Å². The summed E-state index contributed by atoms with van der Waals surface area (Å²) in [6, 6.07) is 7.31. The van der Waals surface area contributed by atoms with Gasteiger partial charge < -0.3 is 20.1 Å². The highest BCUT2D eigenvalue weighted by Crippen LogP contribution is 2.18. The van der Waals surface area contributed by atoms with Gasteiger partial charge in [0.15, 0.2) is 15.8 Å². The maximum Gasteiger partial charge on any atom is 0.191 e. The maximum absolute atomic E-state index is 11.5. The fourth-order valence-electron chi connectivity index (χ4n) is 2.47. The van der Waals surface area contributed by atoms with Crippen molar-refractivity contribution in [3.63, 3.8) is 0 Å². The first-order valence-electron chi connectivity index (χ1n) is 7.90. The number of hydrogen-bond donors (Lipinski definition) is 2. The molecule has 0 spiro atoms. The van der Waals surface area contributed by atoms with Gasteiger partial charge in [-0.3, -0.25) is 4.99 Å². The molecule has 0 radical (unpaired) electrons. The van der Waals surface area contributed by atoms with E-state index in [2.05, 4.69) is 15.6 Å². The SMILES string of the molecule is CN=C(NCC(C)Oc1ccc(OC)cc1)NC1CCS(=O)(=O)C1. The monoisotopic (exact) mass is 355 g/mol. The summed E-state index contributed by atoms with van der Waals surface area (Å²) >= 11 is 0. The largest absolute Gasteiger partial charge is 0.497 e. The zero-order valence-electron chi connectivity index (χ0n) is 14.3. The summed E-state index contributed by atoms with van der Waals surface area (Å²) in [7, 11) is 0.375. The minimum Gasteiger partial charge on any atom is -0.497 e. The third-order valence-electron chi connectivity index (χ3n) is 3.75. The van der Waals surface area contributed by atoms with Crippen LogP contribution in [0.3, 0.4) is 0 Å². The fraction of sp³-hybridized carbons (Fsp3) is 0.562. The Bertz CT molecular complexity index is 658. The zero-order valence-corrected chi connectivity index (χ0v) is 15.1. The molecule has 134 valence electrons. The van der Waals surface area contributed by atoms with Gasteiger partial charge in [-0.15, -0.1) is 0 Å². The zero-order chi connectivity index (χ0) is 17.6. The molecule has 1 aromatic rings. The average molecular weight is 355 g/mol. The number of guanidine groups is 1. The normalized spacial score (nSPS) is 21.1. The molecule has 1 saturated heterocycles. The van der Waals surface area contributed by atoms with Crippen molar-refractivity contribution in [3.8, 4) is 11.5 Å². The predicted octanol–water partition coefficient (Wildman–Crippen LogP) is 0.815. The maximum atomic E-state index is 11.5. The van der Waals surface area contributed by atoms with Crippen molar-refractivity contribution in [2.24, 2.45) is 4.99 Å². The Labute approximate surface area is 143 Å². The molecule has 1 aliphatic rings. The van der Waals surface area contributed by atoms with Crippen molar-refractivity contribution < 1.29 is 17.9 Å². The fourth-order valence-corrected chi connectivity index (χ4v) is 4.14. The summed E-state index contributed by atoms with van der Waals surface area (Å²) in [5.74, 6) is 2.52. The Morgan fingerprint density at radius 3 is 2.54 bits per heavy atom. The van der Waals surface area contributed by atoms with Crippen LogP contribution in [0.25, 0.3) is 0 Å². The highest BCUT2D eigenvalue weighted by Gasteiger charge is 2.28. The highest BCUT2D eigenvalue weighted by molar-refractivity contribution is 7.91. The van der Waals surface area contributed by atoms with Gasteiger partial charge >= 0.3 is 0 Å². The molecule has 0 aromatic heterocycles. The number of ether oxygens (including phenoxy) is 2. The van der Waals surface area contributed by atoms with Crippen LogP contribution >= 0.6 is 0 Å². The van der Waals surface area contributed by atoms with E-state index in [4.69, 9.17) is 9.47 Å².